The molecule has 0 unspecified atom stereocenters. The standard InChI is InChI=1S/C21H26INO4/c1-14(2)17(24)13-16-8-9-18(15(3)20(16)25)26-11-4-5-12-27-19-7-6-10-23-21(19)22/h6-10,14,25H,4-5,11-13H2,1-3H3. The molecule has 6 heteroatoms. The molecule has 146 valence electrons. The molecule has 1 N–H and O–H groups in total. The van der Waals surface area contributed by atoms with E-state index >= 15 is 0 Å². The Bertz CT molecular complexity index is 777. The largest absolute Gasteiger partial charge is 0.507 e. The zero-order chi connectivity index (χ0) is 19.8. The van der Waals surface area contributed by atoms with Gasteiger partial charge in [0.05, 0.1) is 13.2 Å². The van der Waals surface area contributed by atoms with Gasteiger partial charge in [-0.25, -0.2) is 4.98 Å². The van der Waals surface area contributed by atoms with Gasteiger partial charge in [0.15, 0.2) is 5.75 Å². The molecular weight excluding hydrogens is 457 g/mol. The summed E-state index contributed by atoms with van der Waals surface area (Å²) in [7, 11) is 0. The topological polar surface area (TPSA) is 68.7 Å². The van der Waals surface area contributed by atoms with E-state index in [0.29, 0.717) is 30.1 Å². The Balaban J connectivity index is 1.78. The minimum absolute atomic E-state index is 0.0437. The first-order valence-electron chi connectivity index (χ1n) is 9.10. The molecule has 0 fully saturated rings. The second-order valence-corrected chi connectivity index (χ2v) is 7.71. The Labute approximate surface area is 174 Å². The zero-order valence-electron chi connectivity index (χ0n) is 16.0. The number of hydrogen-bond acceptors (Lipinski definition) is 5. The van der Waals surface area contributed by atoms with Gasteiger partial charge in [-0.1, -0.05) is 19.9 Å². The number of nitrogens with zero attached hydrogens (tertiary/aromatic N) is 1. The van der Waals surface area contributed by atoms with Crippen LogP contribution in [0.3, 0.4) is 0 Å². The number of carbonyl (C=O) groups is 1. The third-order valence-electron chi connectivity index (χ3n) is 4.25. The van der Waals surface area contributed by atoms with E-state index in [0.717, 1.165) is 22.3 Å². The Kier molecular flexibility index (Phi) is 8.34. The third kappa shape index (κ3) is 6.37. The minimum atomic E-state index is -0.0437. The van der Waals surface area contributed by atoms with Gasteiger partial charge < -0.3 is 14.6 Å². The molecule has 0 spiro atoms. The lowest BCUT2D eigenvalue weighted by Crippen LogP contribution is -2.10. The van der Waals surface area contributed by atoms with Crippen molar-refractivity contribution in [3.8, 4) is 17.2 Å². The number of carbonyl (C=O) groups excluding carboxylic acids is 1. The maximum Gasteiger partial charge on any atom is 0.151 e. The number of unbranched alkanes of at least 4 members (excludes halogenated alkanes) is 1. The van der Waals surface area contributed by atoms with Crippen LogP contribution in [-0.2, 0) is 11.2 Å². The van der Waals surface area contributed by atoms with Crippen molar-refractivity contribution >= 4 is 28.4 Å². The van der Waals surface area contributed by atoms with E-state index in [-0.39, 0.29) is 23.9 Å². The van der Waals surface area contributed by atoms with Gasteiger partial charge in [0.1, 0.15) is 21.0 Å². The number of pyridine rings is 1. The normalized spacial score (nSPS) is 10.9. The van der Waals surface area contributed by atoms with Crippen LogP contribution in [0.5, 0.6) is 17.2 Å². The van der Waals surface area contributed by atoms with Crippen molar-refractivity contribution < 1.29 is 19.4 Å². The molecule has 0 aliphatic carbocycles. The van der Waals surface area contributed by atoms with Crippen LogP contribution >= 0.6 is 22.6 Å². The first kappa shape index (κ1) is 21.5. The zero-order valence-corrected chi connectivity index (χ0v) is 18.2. The number of aromatic hydroxyl groups is 1. The van der Waals surface area contributed by atoms with E-state index < -0.39 is 0 Å². The molecular formula is C21H26INO4. The molecule has 5 nitrogen and oxygen atoms in total. The van der Waals surface area contributed by atoms with Crippen LogP contribution < -0.4 is 9.47 Å². The molecule has 0 bridgehead atoms. The summed E-state index contributed by atoms with van der Waals surface area (Å²) >= 11 is 2.15. The molecule has 27 heavy (non-hydrogen) atoms. The first-order chi connectivity index (χ1) is 12.9. The van der Waals surface area contributed by atoms with Gasteiger partial charge in [0.2, 0.25) is 0 Å². The Hall–Kier alpha value is -1.83. The van der Waals surface area contributed by atoms with Crippen molar-refractivity contribution in [2.24, 2.45) is 5.92 Å². The quantitative estimate of drug-likeness (QED) is 0.301. The number of phenolic OH excluding ortho intramolecular Hbond substituents is 1. The van der Waals surface area contributed by atoms with Crippen molar-refractivity contribution in [2.75, 3.05) is 13.2 Å². The van der Waals surface area contributed by atoms with Gasteiger partial charge in [0, 0.05) is 29.7 Å². The van der Waals surface area contributed by atoms with Crippen molar-refractivity contribution in [3.63, 3.8) is 0 Å². The van der Waals surface area contributed by atoms with Crippen molar-refractivity contribution in [3.05, 3.63) is 45.3 Å². The summed E-state index contributed by atoms with van der Waals surface area (Å²) in [5.41, 5.74) is 1.32. The van der Waals surface area contributed by atoms with Gasteiger partial charge in [-0.05, 0) is 60.6 Å². The minimum Gasteiger partial charge on any atom is -0.507 e. The molecule has 0 radical (unpaired) electrons. The second-order valence-electron chi connectivity index (χ2n) is 6.69. The third-order valence-corrected chi connectivity index (χ3v) is 5.06. The molecule has 2 aromatic rings. The highest BCUT2D eigenvalue weighted by Gasteiger charge is 2.15. The second kappa shape index (κ2) is 10.5. The molecule has 2 rings (SSSR count). The van der Waals surface area contributed by atoms with Gasteiger partial charge in [-0.3, -0.25) is 4.79 Å². The van der Waals surface area contributed by atoms with Crippen molar-refractivity contribution in [1.29, 1.82) is 0 Å². The number of Topliss-reactive ketones (excluding diaryl/α,β-unsaturated/α-hetero) is 1. The van der Waals surface area contributed by atoms with Crippen LogP contribution in [0, 0.1) is 16.5 Å². The fourth-order valence-corrected chi connectivity index (χ4v) is 2.97. The van der Waals surface area contributed by atoms with Crippen molar-refractivity contribution in [1.82, 2.24) is 4.98 Å². The maximum absolute atomic E-state index is 11.9. The number of aromatic nitrogens is 1. The number of hydrogen-bond donors (Lipinski definition) is 1. The molecule has 0 atom stereocenters. The fourth-order valence-electron chi connectivity index (χ4n) is 2.48. The summed E-state index contributed by atoms with van der Waals surface area (Å²) in [6.45, 7) is 6.68. The average Bonchev–Trinajstić information content (AvgIpc) is 2.64. The Morgan fingerprint density at radius 2 is 1.81 bits per heavy atom. The number of phenols is 1. The predicted molar refractivity (Wildman–Crippen MR) is 114 cm³/mol. The Morgan fingerprint density at radius 1 is 1.15 bits per heavy atom. The lowest BCUT2D eigenvalue weighted by molar-refractivity contribution is -0.121. The van der Waals surface area contributed by atoms with E-state index in [1.165, 1.54) is 0 Å². The lowest BCUT2D eigenvalue weighted by Gasteiger charge is -2.14. The van der Waals surface area contributed by atoms with E-state index in [1.54, 1.807) is 12.3 Å². The predicted octanol–water partition coefficient (Wildman–Crippen LogP) is 4.71. The van der Waals surface area contributed by atoms with Crippen LogP contribution in [0.15, 0.2) is 30.5 Å². The Morgan fingerprint density at radius 3 is 2.44 bits per heavy atom. The molecule has 1 aromatic carbocycles. The summed E-state index contributed by atoms with van der Waals surface area (Å²) in [5.74, 6) is 1.66. The highest BCUT2D eigenvalue weighted by molar-refractivity contribution is 14.1. The summed E-state index contributed by atoms with van der Waals surface area (Å²) in [5, 5.41) is 10.3. The number of ether oxygens (including phenoxy) is 2. The molecule has 0 aliphatic heterocycles. The number of rotatable bonds is 10. The molecule has 1 heterocycles. The molecule has 0 saturated carbocycles. The highest BCUT2D eigenvalue weighted by Crippen LogP contribution is 2.31. The summed E-state index contributed by atoms with van der Waals surface area (Å²) in [6, 6.07) is 7.36. The van der Waals surface area contributed by atoms with Gasteiger partial charge in [0.25, 0.3) is 0 Å². The molecule has 0 amide bonds. The van der Waals surface area contributed by atoms with Crippen LogP contribution in [0.4, 0.5) is 0 Å². The van der Waals surface area contributed by atoms with Crippen LogP contribution in [0.2, 0.25) is 0 Å². The SMILES string of the molecule is Cc1c(OCCCCOc2cccnc2I)ccc(CC(=O)C(C)C)c1O. The van der Waals surface area contributed by atoms with E-state index in [1.807, 2.05) is 39.0 Å². The molecule has 0 saturated heterocycles. The van der Waals surface area contributed by atoms with Crippen LogP contribution in [0.1, 0.15) is 37.8 Å². The van der Waals surface area contributed by atoms with Gasteiger partial charge in [-0.2, -0.15) is 0 Å². The number of benzene rings is 1. The maximum atomic E-state index is 11.9. The van der Waals surface area contributed by atoms with E-state index in [4.69, 9.17) is 9.47 Å². The summed E-state index contributed by atoms with van der Waals surface area (Å²) < 4.78 is 12.3. The summed E-state index contributed by atoms with van der Waals surface area (Å²) in [6.07, 6.45) is 3.68. The van der Waals surface area contributed by atoms with Crippen molar-refractivity contribution in [2.45, 2.75) is 40.0 Å². The van der Waals surface area contributed by atoms with Crippen LogP contribution in [0.25, 0.3) is 0 Å². The fraction of sp³-hybridized carbons (Fsp3) is 0.429. The van der Waals surface area contributed by atoms with Gasteiger partial charge in [-0.15, -0.1) is 0 Å². The lowest BCUT2D eigenvalue weighted by atomic mass is 9.98. The summed E-state index contributed by atoms with van der Waals surface area (Å²) in [4.78, 5) is 16.1. The van der Waals surface area contributed by atoms with E-state index in [9.17, 15) is 9.90 Å². The monoisotopic (exact) mass is 483 g/mol. The molecule has 0 aliphatic rings. The molecule has 1 aromatic heterocycles. The van der Waals surface area contributed by atoms with Gasteiger partial charge >= 0.3 is 0 Å². The van der Waals surface area contributed by atoms with E-state index in [2.05, 4.69) is 27.6 Å². The average molecular weight is 483 g/mol. The first-order valence-corrected chi connectivity index (χ1v) is 10.2. The number of ketones is 1. The van der Waals surface area contributed by atoms with Crippen LogP contribution in [-0.4, -0.2) is 29.1 Å². The highest BCUT2D eigenvalue weighted by atomic mass is 127. The smallest absolute Gasteiger partial charge is 0.151 e. The number of halogens is 1.